The maximum atomic E-state index is 11.9. The van der Waals surface area contributed by atoms with Gasteiger partial charge in [0.1, 0.15) is 4.84 Å². The Hall–Kier alpha value is 0.430. The second-order valence-corrected chi connectivity index (χ2v) is 3.42. The van der Waals surface area contributed by atoms with Gasteiger partial charge in [-0.25, -0.2) is 4.39 Å². The molecule has 0 spiro atoms. The molecular formula is C5H6Cl3FO2. The molecule has 0 radical (unpaired) electrons. The minimum atomic E-state index is -2.10. The van der Waals surface area contributed by atoms with Gasteiger partial charge in [-0.1, -0.05) is 11.6 Å². The monoisotopic (exact) mass is 222 g/mol. The van der Waals surface area contributed by atoms with E-state index in [1.54, 1.807) is 0 Å². The van der Waals surface area contributed by atoms with Crippen LogP contribution in [0.15, 0.2) is 0 Å². The highest BCUT2D eigenvalue weighted by molar-refractivity contribution is 6.44. The van der Waals surface area contributed by atoms with E-state index in [1.165, 1.54) is 0 Å². The Bertz CT molecular complexity index is 140. The van der Waals surface area contributed by atoms with Crippen molar-refractivity contribution in [2.45, 2.75) is 23.0 Å². The van der Waals surface area contributed by atoms with Crippen LogP contribution in [0.1, 0.15) is 6.42 Å². The van der Waals surface area contributed by atoms with Crippen LogP contribution >= 0.6 is 34.8 Å². The Labute approximate surface area is 78.2 Å². The number of carbonyl (C=O) groups excluding carboxylic acids is 1. The maximum Gasteiger partial charge on any atom is 0.231 e. The lowest BCUT2D eigenvalue weighted by Gasteiger charge is -2.09. The first-order valence-electron chi connectivity index (χ1n) is 2.72. The average molecular weight is 223 g/mol. The molecule has 0 bridgehead atoms. The van der Waals surface area contributed by atoms with Gasteiger partial charge in [-0.2, -0.15) is 0 Å². The number of alkyl halides is 4. The quantitative estimate of drug-likeness (QED) is 0.736. The number of carbonyl (C=O) groups is 1. The van der Waals surface area contributed by atoms with Crippen LogP contribution in [0.5, 0.6) is 0 Å². The number of aliphatic hydroxyl groups excluding tert-OH is 1. The number of aliphatic hydroxyl groups is 1. The van der Waals surface area contributed by atoms with Gasteiger partial charge in [0.05, 0.1) is 6.10 Å². The predicted molar refractivity (Wildman–Crippen MR) is 41.9 cm³/mol. The minimum absolute atomic E-state index is 0.470. The van der Waals surface area contributed by atoms with Gasteiger partial charge in [-0.05, 0) is 0 Å². The molecule has 0 rings (SSSR count). The topological polar surface area (TPSA) is 37.3 Å². The average Bonchev–Trinajstić information content (AvgIpc) is 1.87. The van der Waals surface area contributed by atoms with Crippen LogP contribution in [-0.4, -0.2) is 27.5 Å². The van der Waals surface area contributed by atoms with E-state index in [4.69, 9.17) is 39.9 Å². The van der Waals surface area contributed by atoms with Gasteiger partial charge in [0.2, 0.25) is 5.63 Å². The van der Waals surface area contributed by atoms with Crippen molar-refractivity contribution in [3.8, 4) is 0 Å². The predicted octanol–water partition coefficient (Wildman–Crippen LogP) is 1.64. The summed E-state index contributed by atoms with van der Waals surface area (Å²) >= 11 is 15.1. The highest BCUT2D eigenvalue weighted by atomic mass is 35.5. The SMILES string of the molecule is O=C(CC(O)C(Cl)Cl)C(F)Cl. The Morgan fingerprint density at radius 1 is 1.45 bits per heavy atom. The summed E-state index contributed by atoms with van der Waals surface area (Å²) in [6.07, 6.45) is -1.73. The molecule has 2 atom stereocenters. The van der Waals surface area contributed by atoms with Crippen LogP contribution in [0.4, 0.5) is 4.39 Å². The van der Waals surface area contributed by atoms with Gasteiger partial charge in [-0.15, -0.1) is 23.2 Å². The second kappa shape index (κ2) is 5.14. The Morgan fingerprint density at radius 2 is 1.91 bits per heavy atom. The normalized spacial score (nSPS) is 16.5. The summed E-state index contributed by atoms with van der Waals surface area (Å²) in [6.45, 7) is 0. The van der Waals surface area contributed by atoms with E-state index in [2.05, 4.69) is 0 Å². The third kappa shape index (κ3) is 4.80. The molecule has 0 aromatic carbocycles. The molecule has 66 valence electrons. The molecule has 6 heteroatoms. The molecule has 0 amide bonds. The van der Waals surface area contributed by atoms with E-state index >= 15 is 0 Å². The van der Waals surface area contributed by atoms with Crippen molar-refractivity contribution in [1.82, 2.24) is 0 Å². The van der Waals surface area contributed by atoms with Gasteiger partial charge >= 0.3 is 0 Å². The molecule has 0 aliphatic heterocycles. The third-order valence-corrected chi connectivity index (χ3v) is 1.77. The largest absolute Gasteiger partial charge is 0.390 e. The third-order valence-electron chi connectivity index (χ3n) is 0.945. The molecule has 0 fully saturated rings. The van der Waals surface area contributed by atoms with E-state index in [9.17, 15) is 9.18 Å². The summed E-state index contributed by atoms with van der Waals surface area (Å²) in [7, 11) is 0. The summed E-state index contributed by atoms with van der Waals surface area (Å²) < 4.78 is 11.9. The van der Waals surface area contributed by atoms with Crippen molar-refractivity contribution in [2.24, 2.45) is 0 Å². The van der Waals surface area contributed by atoms with Crippen molar-refractivity contribution < 1.29 is 14.3 Å². The van der Waals surface area contributed by atoms with Crippen molar-refractivity contribution >= 4 is 40.6 Å². The fourth-order valence-corrected chi connectivity index (χ4v) is 0.652. The summed E-state index contributed by atoms with van der Waals surface area (Å²) in [6, 6.07) is 0. The second-order valence-electron chi connectivity index (χ2n) is 1.87. The minimum Gasteiger partial charge on any atom is -0.390 e. The van der Waals surface area contributed by atoms with Gasteiger partial charge in [-0.3, -0.25) is 4.79 Å². The molecule has 0 saturated heterocycles. The summed E-state index contributed by atoms with van der Waals surface area (Å²) in [5.74, 6) is -0.925. The fraction of sp³-hybridized carbons (Fsp3) is 0.800. The molecule has 0 heterocycles. The Morgan fingerprint density at radius 3 is 2.18 bits per heavy atom. The van der Waals surface area contributed by atoms with E-state index < -0.39 is 28.8 Å². The molecule has 0 aliphatic rings. The van der Waals surface area contributed by atoms with Crippen LogP contribution in [-0.2, 0) is 4.79 Å². The zero-order valence-corrected chi connectivity index (χ0v) is 7.57. The molecule has 1 N–H and O–H groups in total. The van der Waals surface area contributed by atoms with Crippen molar-refractivity contribution in [3.05, 3.63) is 0 Å². The number of rotatable bonds is 4. The number of halogens is 4. The fourth-order valence-electron chi connectivity index (χ4n) is 0.384. The molecule has 0 aromatic heterocycles. The van der Waals surface area contributed by atoms with Crippen LogP contribution in [0.2, 0.25) is 0 Å². The molecule has 2 nitrogen and oxygen atoms in total. The number of ketones is 1. The molecule has 0 aromatic rings. The number of hydrogen-bond acceptors (Lipinski definition) is 2. The van der Waals surface area contributed by atoms with Gasteiger partial charge in [0.15, 0.2) is 5.78 Å². The lowest BCUT2D eigenvalue weighted by Crippen LogP contribution is -2.23. The highest BCUT2D eigenvalue weighted by Gasteiger charge is 2.21. The van der Waals surface area contributed by atoms with Crippen LogP contribution in [0.25, 0.3) is 0 Å². The molecule has 0 aliphatic carbocycles. The first-order valence-corrected chi connectivity index (χ1v) is 4.03. The van der Waals surface area contributed by atoms with Crippen molar-refractivity contribution in [3.63, 3.8) is 0 Å². The lowest BCUT2D eigenvalue weighted by atomic mass is 10.2. The summed E-state index contributed by atoms with van der Waals surface area (Å²) in [5, 5.41) is 8.84. The molecule has 2 unspecified atom stereocenters. The standard InChI is InChI=1S/C5H6Cl3FO2/c6-4(7)2(10)1-3(11)5(8)9/h2,4-5,10H,1H2. The van der Waals surface area contributed by atoms with Gasteiger partial charge < -0.3 is 5.11 Å². The summed E-state index contributed by atoms with van der Waals surface area (Å²) in [4.78, 5) is 9.37. The summed E-state index contributed by atoms with van der Waals surface area (Å²) in [5.41, 5.74) is -2.10. The zero-order valence-electron chi connectivity index (χ0n) is 5.31. The Balaban J connectivity index is 3.76. The first kappa shape index (κ1) is 11.4. The molecule has 0 saturated carbocycles. The van der Waals surface area contributed by atoms with Gasteiger partial charge in [0.25, 0.3) is 0 Å². The number of hydrogen-bond donors (Lipinski definition) is 1. The van der Waals surface area contributed by atoms with Crippen LogP contribution in [0, 0.1) is 0 Å². The van der Waals surface area contributed by atoms with Crippen LogP contribution in [0.3, 0.4) is 0 Å². The lowest BCUT2D eigenvalue weighted by molar-refractivity contribution is -0.123. The number of Topliss-reactive ketones (excluding diaryl/α,β-unsaturated/α-hetero) is 1. The van der Waals surface area contributed by atoms with Crippen molar-refractivity contribution in [2.75, 3.05) is 0 Å². The smallest absolute Gasteiger partial charge is 0.231 e. The van der Waals surface area contributed by atoms with E-state index in [0.717, 1.165) is 0 Å². The first-order chi connectivity index (χ1) is 4.95. The zero-order chi connectivity index (χ0) is 9.02. The molecular weight excluding hydrogens is 217 g/mol. The van der Waals surface area contributed by atoms with E-state index in [1.807, 2.05) is 0 Å². The van der Waals surface area contributed by atoms with E-state index in [-0.39, 0.29) is 0 Å². The van der Waals surface area contributed by atoms with E-state index in [0.29, 0.717) is 0 Å². The highest BCUT2D eigenvalue weighted by Crippen LogP contribution is 2.13. The molecule has 11 heavy (non-hydrogen) atoms. The maximum absolute atomic E-state index is 11.9. The van der Waals surface area contributed by atoms with Gasteiger partial charge in [0, 0.05) is 6.42 Å². The Kier molecular flexibility index (Phi) is 5.34. The van der Waals surface area contributed by atoms with Crippen molar-refractivity contribution in [1.29, 1.82) is 0 Å². The van der Waals surface area contributed by atoms with Crippen LogP contribution < -0.4 is 0 Å².